The van der Waals surface area contributed by atoms with E-state index >= 15 is 0 Å². The number of rotatable bonds is 4. The first kappa shape index (κ1) is 15.0. The van der Waals surface area contributed by atoms with Crippen molar-refractivity contribution in [2.75, 3.05) is 0 Å². The molecule has 0 aliphatic carbocycles. The molecule has 1 aromatic carbocycles. The summed E-state index contributed by atoms with van der Waals surface area (Å²) in [5.74, 6) is 0.856. The summed E-state index contributed by atoms with van der Waals surface area (Å²) in [4.78, 5) is 15.7. The number of nitrogens with one attached hydrogen (secondary N) is 1. The predicted octanol–water partition coefficient (Wildman–Crippen LogP) is 3.76. The SMILES string of the molecule is O=C(NN=Cc1ccc(-c2cccc(Cl)c2)o1)c1cccnc1. The van der Waals surface area contributed by atoms with Gasteiger partial charge in [0.15, 0.2) is 0 Å². The fourth-order valence-electron chi connectivity index (χ4n) is 1.94. The molecule has 0 fully saturated rings. The molecule has 0 aliphatic rings. The highest BCUT2D eigenvalue weighted by molar-refractivity contribution is 6.30. The number of amides is 1. The summed E-state index contributed by atoms with van der Waals surface area (Å²) in [5.41, 5.74) is 3.72. The summed E-state index contributed by atoms with van der Waals surface area (Å²) in [5, 5.41) is 4.51. The van der Waals surface area contributed by atoms with Crippen LogP contribution in [0.25, 0.3) is 11.3 Å². The van der Waals surface area contributed by atoms with E-state index in [1.165, 1.54) is 12.4 Å². The van der Waals surface area contributed by atoms with Gasteiger partial charge in [0.2, 0.25) is 0 Å². The molecule has 0 unspecified atom stereocenters. The molecule has 3 rings (SSSR count). The van der Waals surface area contributed by atoms with Gasteiger partial charge in [0.25, 0.3) is 5.91 Å². The van der Waals surface area contributed by atoms with Gasteiger partial charge in [-0.1, -0.05) is 23.7 Å². The highest BCUT2D eigenvalue weighted by Gasteiger charge is 2.05. The lowest BCUT2D eigenvalue weighted by Crippen LogP contribution is -2.17. The predicted molar refractivity (Wildman–Crippen MR) is 88.5 cm³/mol. The highest BCUT2D eigenvalue weighted by atomic mass is 35.5. The number of aromatic nitrogens is 1. The molecule has 1 amide bonds. The maximum absolute atomic E-state index is 11.8. The minimum absolute atomic E-state index is 0.337. The quantitative estimate of drug-likeness (QED) is 0.586. The van der Waals surface area contributed by atoms with Gasteiger partial charge in [-0.15, -0.1) is 0 Å². The van der Waals surface area contributed by atoms with E-state index in [9.17, 15) is 4.79 Å². The smallest absolute Gasteiger partial charge is 0.272 e. The Morgan fingerprint density at radius 2 is 2.13 bits per heavy atom. The Kier molecular flexibility index (Phi) is 4.49. The van der Waals surface area contributed by atoms with Crippen molar-refractivity contribution >= 4 is 23.7 Å². The third-order valence-electron chi connectivity index (χ3n) is 3.02. The van der Waals surface area contributed by atoms with Crippen molar-refractivity contribution in [3.63, 3.8) is 0 Å². The minimum atomic E-state index is -0.337. The number of halogens is 1. The summed E-state index contributed by atoms with van der Waals surface area (Å²) >= 11 is 5.96. The standard InChI is InChI=1S/C17H12ClN3O2/c18-14-5-1-3-12(9-14)16-7-6-15(23-16)11-20-21-17(22)13-4-2-8-19-10-13/h1-11H,(H,21,22). The summed E-state index contributed by atoms with van der Waals surface area (Å²) in [6.45, 7) is 0. The van der Waals surface area contributed by atoms with Crippen LogP contribution in [-0.4, -0.2) is 17.1 Å². The molecule has 0 spiro atoms. The number of carbonyl (C=O) groups excluding carboxylic acids is 1. The van der Waals surface area contributed by atoms with Gasteiger partial charge < -0.3 is 4.42 Å². The average molecular weight is 326 g/mol. The zero-order valence-corrected chi connectivity index (χ0v) is 12.7. The highest BCUT2D eigenvalue weighted by Crippen LogP contribution is 2.24. The Hall–Kier alpha value is -2.92. The summed E-state index contributed by atoms with van der Waals surface area (Å²) in [6.07, 6.45) is 4.50. The van der Waals surface area contributed by atoms with E-state index in [0.717, 1.165) is 5.56 Å². The van der Waals surface area contributed by atoms with Gasteiger partial charge in [-0.05, 0) is 36.4 Å². The Balaban J connectivity index is 1.66. The average Bonchev–Trinajstić information content (AvgIpc) is 3.04. The van der Waals surface area contributed by atoms with Crippen molar-refractivity contribution in [3.05, 3.63) is 77.3 Å². The largest absolute Gasteiger partial charge is 0.455 e. The molecule has 0 bridgehead atoms. The van der Waals surface area contributed by atoms with Crippen LogP contribution in [0.4, 0.5) is 0 Å². The number of hydrogen-bond acceptors (Lipinski definition) is 4. The van der Waals surface area contributed by atoms with Crippen LogP contribution in [0.1, 0.15) is 16.1 Å². The molecule has 5 nitrogen and oxygen atoms in total. The first-order chi connectivity index (χ1) is 11.2. The monoisotopic (exact) mass is 325 g/mol. The van der Waals surface area contributed by atoms with Gasteiger partial charge in [-0.2, -0.15) is 5.10 Å². The molecular formula is C17H12ClN3O2. The van der Waals surface area contributed by atoms with E-state index in [0.29, 0.717) is 22.1 Å². The van der Waals surface area contributed by atoms with Gasteiger partial charge in [-0.3, -0.25) is 9.78 Å². The maximum Gasteiger partial charge on any atom is 0.272 e. The van der Waals surface area contributed by atoms with Crippen LogP contribution in [0.2, 0.25) is 5.02 Å². The van der Waals surface area contributed by atoms with Crippen molar-refractivity contribution in [1.82, 2.24) is 10.4 Å². The van der Waals surface area contributed by atoms with Crippen LogP contribution >= 0.6 is 11.6 Å². The molecule has 2 aromatic heterocycles. The number of furan rings is 1. The van der Waals surface area contributed by atoms with Crippen molar-refractivity contribution in [1.29, 1.82) is 0 Å². The van der Waals surface area contributed by atoms with Gasteiger partial charge in [0, 0.05) is 23.0 Å². The van der Waals surface area contributed by atoms with Gasteiger partial charge in [-0.25, -0.2) is 5.43 Å². The molecule has 6 heteroatoms. The van der Waals surface area contributed by atoms with Gasteiger partial charge >= 0.3 is 0 Å². The first-order valence-electron chi connectivity index (χ1n) is 6.81. The fraction of sp³-hybridized carbons (Fsp3) is 0. The second-order valence-electron chi connectivity index (χ2n) is 4.65. The van der Waals surface area contributed by atoms with Crippen molar-refractivity contribution in [3.8, 4) is 11.3 Å². The molecule has 0 saturated carbocycles. The van der Waals surface area contributed by atoms with E-state index < -0.39 is 0 Å². The Morgan fingerprint density at radius 1 is 1.22 bits per heavy atom. The van der Waals surface area contributed by atoms with Crippen molar-refractivity contribution < 1.29 is 9.21 Å². The Bertz CT molecular complexity index is 844. The molecule has 0 atom stereocenters. The second-order valence-corrected chi connectivity index (χ2v) is 5.09. The fourth-order valence-corrected chi connectivity index (χ4v) is 2.13. The minimum Gasteiger partial charge on any atom is -0.455 e. The zero-order chi connectivity index (χ0) is 16.1. The van der Waals surface area contributed by atoms with Crippen molar-refractivity contribution in [2.45, 2.75) is 0 Å². The maximum atomic E-state index is 11.8. The molecule has 2 heterocycles. The Labute approximate surface area is 137 Å². The molecule has 3 aromatic rings. The molecule has 114 valence electrons. The molecule has 0 radical (unpaired) electrons. The normalized spacial score (nSPS) is 10.8. The summed E-state index contributed by atoms with van der Waals surface area (Å²) in [7, 11) is 0. The number of pyridine rings is 1. The van der Waals surface area contributed by atoms with Crippen LogP contribution in [-0.2, 0) is 0 Å². The van der Waals surface area contributed by atoms with E-state index in [4.69, 9.17) is 16.0 Å². The number of hydrazone groups is 1. The topological polar surface area (TPSA) is 67.5 Å². The van der Waals surface area contributed by atoms with Crippen molar-refractivity contribution in [2.24, 2.45) is 5.10 Å². The van der Waals surface area contributed by atoms with E-state index in [1.807, 2.05) is 24.3 Å². The summed E-state index contributed by atoms with van der Waals surface area (Å²) < 4.78 is 5.64. The lowest BCUT2D eigenvalue weighted by atomic mass is 10.2. The van der Waals surface area contributed by atoms with Gasteiger partial charge in [0.05, 0.1) is 11.8 Å². The second kappa shape index (κ2) is 6.89. The molecule has 23 heavy (non-hydrogen) atoms. The van der Waals surface area contributed by atoms with Crippen LogP contribution in [0, 0.1) is 0 Å². The third kappa shape index (κ3) is 3.84. The number of nitrogens with zero attached hydrogens (tertiary/aromatic N) is 2. The van der Waals surface area contributed by atoms with Crippen LogP contribution in [0.15, 0.2) is 70.4 Å². The summed E-state index contributed by atoms with van der Waals surface area (Å²) in [6, 6.07) is 14.3. The van der Waals surface area contributed by atoms with E-state index in [-0.39, 0.29) is 5.91 Å². The van der Waals surface area contributed by atoms with Crippen LogP contribution < -0.4 is 5.43 Å². The first-order valence-corrected chi connectivity index (χ1v) is 7.19. The lowest BCUT2D eigenvalue weighted by Gasteiger charge is -1.98. The van der Waals surface area contributed by atoms with Crippen LogP contribution in [0.5, 0.6) is 0 Å². The molecule has 0 aliphatic heterocycles. The molecule has 1 N–H and O–H groups in total. The Morgan fingerprint density at radius 3 is 2.91 bits per heavy atom. The lowest BCUT2D eigenvalue weighted by molar-refractivity contribution is 0.0955. The van der Waals surface area contributed by atoms with Gasteiger partial charge in [0.1, 0.15) is 11.5 Å². The van der Waals surface area contributed by atoms with Crippen LogP contribution in [0.3, 0.4) is 0 Å². The molecule has 0 saturated heterocycles. The number of hydrogen-bond donors (Lipinski definition) is 1. The molecular weight excluding hydrogens is 314 g/mol. The van der Waals surface area contributed by atoms with E-state index in [2.05, 4.69) is 15.5 Å². The van der Waals surface area contributed by atoms with E-state index in [1.54, 1.807) is 30.5 Å². The zero-order valence-electron chi connectivity index (χ0n) is 11.9. The number of carbonyl (C=O) groups is 1. The third-order valence-corrected chi connectivity index (χ3v) is 3.25. The number of benzene rings is 1.